The van der Waals surface area contributed by atoms with E-state index in [4.69, 9.17) is 16.7 Å². The zero-order valence-corrected chi connectivity index (χ0v) is 25.0. The molecular weight excluding hydrogens is 554 g/mol. The van der Waals surface area contributed by atoms with Crippen molar-refractivity contribution in [3.63, 3.8) is 0 Å². The van der Waals surface area contributed by atoms with Crippen molar-refractivity contribution in [3.05, 3.63) is 88.4 Å². The molecule has 0 saturated carbocycles. The fourth-order valence-electron chi connectivity index (χ4n) is 4.65. The Morgan fingerprint density at radius 3 is 2.38 bits per heavy atom. The van der Waals surface area contributed by atoms with E-state index >= 15 is 0 Å². The first-order valence-corrected chi connectivity index (χ1v) is 14.0. The van der Waals surface area contributed by atoms with Crippen molar-refractivity contribution in [2.75, 3.05) is 63.4 Å². The van der Waals surface area contributed by atoms with E-state index in [0.29, 0.717) is 40.5 Å². The van der Waals surface area contributed by atoms with Gasteiger partial charge in [0.15, 0.2) is 0 Å². The second-order valence-corrected chi connectivity index (χ2v) is 11.1. The molecular formula is C32H36ClN5O4. The summed E-state index contributed by atoms with van der Waals surface area (Å²) in [5.74, 6) is -1.16. The summed E-state index contributed by atoms with van der Waals surface area (Å²) in [6.07, 6.45) is 0.368. The Morgan fingerprint density at radius 2 is 1.69 bits per heavy atom. The molecule has 1 heterocycles. The lowest BCUT2D eigenvalue weighted by Crippen LogP contribution is -2.39. The lowest BCUT2D eigenvalue weighted by molar-refractivity contribution is -0.137. The number of fused-ring (bicyclic) bond motifs is 1. The molecule has 0 atom stereocenters. The lowest BCUT2D eigenvalue weighted by Gasteiger charge is -2.23. The molecule has 10 heteroatoms. The molecule has 0 unspecified atom stereocenters. The van der Waals surface area contributed by atoms with Crippen molar-refractivity contribution in [2.45, 2.75) is 12.8 Å². The molecule has 0 spiro atoms. The number of carboxylic acid groups (broad SMARTS) is 1. The fraction of sp³-hybridized carbons (Fsp3) is 0.281. The van der Waals surface area contributed by atoms with Crippen molar-refractivity contribution in [2.24, 2.45) is 0 Å². The van der Waals surface area contributed by atoms with Crippen LogP contribution in [0.5, 0.6) is 0 Å². The average molecular weight is 590 g/mol. The SMILES string of the molecule is CN(C)CCN(C)CC(=O)N(C)c1ccc(N/C(=C2\C(=O)Nc3cc(Cl)ccc32)c2cccc(CCC(=O)O)c2)cc1. The molecule has 0 aliphatic carbocycles. The topological polar surface area (TPSA) is 105 Å². The van der Waals surface area contributed by atoms with E-state index < -0.39 is 5.97 Å². The second-order valence-electron chi connectivity index (χ2n) is 10.7. The predicted molar refractivity (Wildman–Crippen MR) is 169 cm³/mol. The standard InChI is InChI=1S/C32H36ClN5O4/c1-36(2)16-17-37(3)20-28(39)38(4)25-12-10-24(11-13-25)34-31(22-7-5-6-21(18-22)8-15-29(40)41)30-26-14-9-23(33)19-27(26)35-32(30)42/h5-7,9-14,18-19,34H,8,15-17,20H2,1-4H3,(H,35,42)(H,40,41)/b31-30-. The monoisotopic (exact) mass is 589 g/mol. The number of hydrogen-bond donors (Lipinski definition) is 3. The van der Waals surface area contributed by atoms with E-state index in [1.54, 1.807) is 30.1 Å². The van der Waals surface area contributed by atoms with Gasteiger partial charge in [-0.05, 0) is 81.2 Å². The van der Waals surface area contributed by atoms with Crippen LogP contribution in [0.2, 0.25) is 5.02 Å². The maximum absolute atomic E-state index is 13.3. The first kappa shape index (κ1) is 30.8. The number of likely N-dealkylation sites (N-methyl/N-ethyl adjacent to an activating group) is 3. The minimum Gasteiger partial charge on any atom is -0.481 e. The average Bonchev–Trinajstić information content (AvgIpc) is 3.28. The number of rotatable bonds is 12. The van der Waals surface area contributed by atoms with E-state index in [1.807, 2.05) is 74.6 Å². The zero-order chi connectivity index (χ0) is 30.4. The number of anilines is 3. The summed E-state index contributed by atoms with van der Waals surface area (Å²) < 4.78 is 0. The van der Waals surface area contributed by atoms with Gasteiger partial charge in [-0.15, -0.1) is 0 Å². The molecule has 0 bridgehead atoms. The van der Waals surface area contributed by atoms with Crippen LogP contribution in [0.3, 0.4) is 0 Å². The Bertz CT molecular complexity index is 1500. The molecule has 9 nitrogen and oxygen atoms in total. The highest BCUT2D eigenvalue weighted by atomic mass is 35.5. The van der Waals surface area contributed by atoms with Crippen LogP contribution >= 0.6 is 11.6 Å². The number of nitrogens with one attached hydrogen (secondary N) is 2. The van der Waals surface area contributed by atoms with Crippen LogP contribution < -0.4 is 15.5 Å². The summed E-state index contributed by atoms with van der Waals surface area (Å²) >= 11 is 6.18. The third-order valence-corrected chi connectivity index (χ3v) is 7.29. The van der Waals surface area contributed by atoms with Gasteiger partial charge in [0.05, 0.1) is 23.5 Å². The number of carbonyl (C=O) groups is 3. The summed E-state index contributed by atoms with van der Waals surface area (Å²) in [4.78, 5) is 43.0. The largest absolute Gasteiger partial charge is 0.481 e. The quantitative estimate of drug-likeness (QED) is 0.262. The molecule has 0 fully saturated rings. The van der Waals surface area contributed by atoms with E-state index in [0.717, 1.165) is 35.6 Å². The molecule has 42 heavy (non-hydrogen) atoms. The lowest BCUT2D eigenvalue weighted by atomic mass is 9.97. The van der Waals surface area contributed by atoms with Crippen LogP contribution in [0.25, 0.3) is 11.3 Å². The molecule has 0 saturated heterocycles. The normalized spacial score (nSPS) is 13.6. The summed E-state index contributed by atoms with van der Waals surface area (Å²) in [5, 5.41) is 16.0. The first-order chi connectivity index (χ1) is 20.0. The number of carbonyl (C=O) groups excluding carboxylic acids is 2. The van der Waals surface area contributed by atoms with Crippen LogP contribution in [-0.2, 0) is 20.8 Å². The molecule has 3 aromatic carbocycles. The van der Waals surface area contributed by atoms with Crippen LogP contribution in [0.15, 0.2) is 66.7 Å². The summed E-state index contributed by atoms with van der Waals surface area (Å²) in [5.41, 5.74) is 5.41. The first-order valence-electron chi connectivity index (χ1n) is 13.7. The van der Waals surface area contributed by atoms with Gasteiger partial charge in [0.2, 0.25) is 5.91 Å². The Kier molecular flexibility index (Phi) is 10.0. The number of hydrogen-bond acceptors (Lipinski definition) is 6. The Balaban J connectivity index is 1.63. The van der Waals surface area contributed by atoms with E-state index in [-0.39, 0.29) is 18.2 Å². The van der Waals surface area contributed by atoms with Crippen LogP contribution in [0.1, 0.15) is 23.1 Å². The molecule has 3 N–H and O–H groups in total. The summed E-state index contributed by atoms with van der Waals surface area (Å²) in [6.45, 7) is 1.95. The third kappa shape index (κ3) is 7.76. The Labute approximate surface area is 251 Å². The van der Waals surface area contributed by atoms with E-state index in [9.17, 15) is 14.4 Å². The number of aryl methyl sites for hydroxylation is 1. The van der Waals surface area contributed by atoms with Crippen molar-refractivity contribution in [1.29, 1.82) is 0 Å². The molecule has 2 amide bonds. The summed E-state index contributed by atoms with van der Waals surface area (Å²) in [7, 11) is 7.69. The van der Waals surface area contributed by atoms with Crippen LogP contribution in [0, 0.1) is 0 Å². The second kappa shape index (κ2) is 13.7. The van der Waals surface area contributed by atoms with Crippen molar-refractivity contribution >= 4 is 57.7 Å². The zero-order valence-electron chi connectivity index (χ0n) is 24.3. The van der Waals surface area contributed by atoms with Gasteiger partial charge in [0, 0.05) is 48.5 Å². The number of aliphatic carboxylic acids is 1. The minimum atomic E-state index is -0.873. The van der Waals surface area contributed by atoms with Gasteiger partial charge in [0.25, 0.3) is 5.91 Å². The highest BCUT2D eigenvalue weighted by molar-refractivity contribution is 6.38. The molecule has 0 radical (unpaired) electrons. The molecule has 0 aromatic heterocycles. The maximum Gasteiger partial charge on any atom is 0.303 e. The highest BCUT2D eigenvalue weighted by Crippen LogP contribution is 2.39. The number of nitrogens with zero attached hydrogens (tertiary/aromatic N) is 3. The van der Waals surface area contributed by atoms with Crippen LogP contribution in [-0.4, -0.2) is 80.5 Å². The minimum absolute atomic E-state index is 0.00372. The van der Waals surface area contributed by atoms with Gasteiger partial charge in [0.1, 0.15) is 0 Å². The Hall–Kier alpha value is -4.18. The molecule has 1 aliphatic rings. The molecule has 1 aliphatic heterocycles. The highest BCUT2D eigenvalue weighted by Gasteiger charge is 2.29. The van der Waals surface area contributed by atoms with E-state index in [2.05, 4.69) is 15.5 Å². The van der Waals surface area contributed by atoms with Crippen molar-refractivity contribution < 1.29 is 19.5 Å². The van der Waals surface area contributed by atoms with Gasteiger partial charge in [-0.1, -0.05) is 35.9 Å². The third-order valence-electron chi connectivity index (χ3n) is 7.05. The number of halogens is 1. The number of benzene rings is 3. The van der Waals surface area contributed by atoms with Gasteiger partial charge in [-0.25, -0.2) is 0 Å². The van der Waals surface area contributed by atoms with Crippen LogP contribution in [0.4, 0.5) is 17.1 Å². The van der Waals surface area contributed by atoms with E-state index in [1.165, 1.54) is 0 Å². The van der Waals surface area contributed by atoms with Gasteiger partial charge >= 0.3 is 5.97 Å². The van der Waals surface area contributed by atoms with Crippen molar-refractivity contribution in [1.82, 2.24) is 9.80 Å². The maximum atomic E-state index is 13.3. The fourth-order valence-corrected chi connectivity index (χ4v) is 4.82. The van der Waals surface area contributed by atoms with Gasteiger partial charge in [-0.2, -0.15) is 0 Å². The van der Waals surface area contributed by atoms with Gasteiger partial charge in [-0.3, -0.25) is 19.3 Å². The molecule has 220 valence electrons. The molecule has 3 aromatic rings. The van der Waals surface area contributed by atoms with Gasteiger partial charge < -0.3 is 25.5 Å². The number of amides is 2. The Morgan fingerprint density at radius 1 is 0.952 bits per heavy atom. The summed E-state index contributed by atoms with van der Waals surface area (Å²) in [6, 6.07) is 20.2. The number of carboxylic acids is 1. The molecule has 4 rings (SSSR count). The predicted octanol–water partition coefficient (Wildman–Crippen LogP) is 4.75. The van der Waals surface area contributed by atoms with Crippen molar-refractivity contribution in [3.8, 4) is 0 Å². The smallest absolute Gasteiger partial charge is 0.303 e.